The van der Waals surface area contributed by atoms with Crippen molar-refractivity contribution in [3.63, 3.8) is 0 Å². The fourth-order valence-electron chi connectivity index (χ4n) is 3.44. The van der Waals surface area contributed by atoms with E-state index in [1.807, 2.05) is 37.3 Å². The van der Waals surface area contributed by atoms with E-state index < -0.39 is 5.91 Å². The molecule has 0 aromatic heterocycles. The largest absolute Gasteiger partial charge is 0.490 e. The molecule has 3 aromatic rings. The number of halogens is 4. The molecule has 0 bridgehead atoms. The second-order valence-electron chi connectivity index (χ2n) is 7.65. The Hall–Kier alpha value is -1.91. The van der Waals surface area contributed by atoms with E-state index in [-0.39, 0.29) is 11.8 Å². The Morgan fingerprint density at radius 3 is 2.36 bits per heavy atom. The zero-order valence-electron chi connectivity index (χ0n) is 18.9. The Kier molecular flexibility index (Phi) is 9.11. The van der Waals surface area contributed by atoms with Crippen molar-refractivity contribution < 1.29 is 19.1 Å². The number of hydrogen-bond donors (Lipinski definition) is 0. The van der Waals surface area contributed by atoms with Crippen LogP contribution in [0.4, 0.5) is 4.79 Å². The van der Waals surface area contributed by atoms with E-state index in [1.165, 1.54) is 0 Å². The van der Waals surface area contributed by atoms with E-state index in [4.69, 9.17) is 44.3 Å². The quantitative estimate of drug-likeness (QED) is 0.177. The molecule has 0 aliphatic carbocycles. The van der Waals surface area contributed by atoms with Crippen molar-refractivity contribution in [3.8, 4) is 11.5 Å². The summed E-state index contributed by atoms with van der Waals surface area (Å²) in [5.41, 5.74) is 2.21. The van der Waals surface area contributed by atoms with Crippen LogP contribution in [0.1, 0.15) is 23.6 Å². The van der Waals surface area contributed by atoms with Crippen LogP contribution in [0.25, 0.3) is 6.08 Å². The van der Waals surface area contributed by atoms with E-state index in [0.717, 1.165) is 25.8 Å². The van der Waals surface area contributed by atoms with Gasteiger partial charge in [-0.15, -0.1) is 0 Å². The maximum absolute atomic E-state index is 13.1. The Morgan fingerprint density at radius 1 is 1.00 bits per heavy atom. The summed E-state index contributed by atoms with van der Waals surface area (Å²) in [5.74, 6) is 0.745. The Bertz CT molecular complexity index is 1330. The predicted molar refractivity (Wildman–Crippen MR) is 154 cm³/mol. The first-order valence-corrected chi connectivity index (χ1v) is 13.8. The van der Waals surface area contributed by atoms with Gasteiger partial charge in [0.15, 0.2) is 11.5 Å². The minimum absolute atomic E-state index is 0.000278. The van der Waals surface area contributed by atoms with Crippen molar-refractivity contribution in [2.24, 2.45) is 0 Å². The average Bonchev–Trinajstić information content (AvgIpc) is 3.09. The SMILES string of the molecule is CCOc1cc(/C=C2/SC(=O)N(Cc3c(Cl)cccc3Cl)C2=O)cc(I)c1OCc1ccc(Cl)cc1. The number of ether oxygens (including phenoxy) is 2. The summed E-state index contributed by atoms with van der Waals surface area (Å²) in [6.45, 7) is 2.66. The lowest BCUT2D eigenvalue weighted by Crippen LogP contribution is -2.27. The van der Waals surface area contributed by atoms with Crippen LogP contribution in [0.3, 0.4) is 0 Å². The fourth-order valence-corrected chi connectivity index (χ4v) is 5.70. The van der Waals surface area contributed by atoms with Crippen LogP contribution in [0, 0.1) is 3.57 Å². The molecule has 3 aromatic carbocycles. The highest BCUT2D eigenvalue weighted by atomic mass is 127. The van der Waals surface area contributed by atoms with E-state index in [9.17, 15) is 9.59 Å². The van der Waals surface area contributed by atoms with Crippen LogP contribution in [0.5, 0.6) is 11.5 Å². The lowest BCUT2D eigenvalue weighted by molar-refractivity contribution is -0.123. The predicted octanol–water partition coefficient (Wildman–Crippen LogP) is 8.47. The second kappa shape index (κ2) is 12.1. The van der Waals surface area contributed by atoms with Crippen molar-refractivity contribution >= 4 is 86.4 Å². The zero-order valence-corrected chi connectivity index (χ0v) is 24.1. The van der Waals surface area contributed by atoms with Gasteiger partial charge in [0.1, 0.15) is 6.61 Å². The van der Waals surface area contributed by atoms with Crippen LogP contribution in [-0.2, 0) is 17.9 Å². The zero-order chi connectivity index (χ0) is 25.8. The van der Waals surface area contributed by atoms with Gasteiger partial charge >= 0.3 is 0 Å². The third-order valence-electron chi connectivity index (χ3n) is 5.18. The van der Waals surface area contributed by atoms with Gasteiger partial charge in [-0.1, -0.05) is 53.0 Å². The van der Waals surface area contributed by atoms with Crippen molar-refractivity contribution in [2.75, 3.05) is 6.61 Å². The average molecular weight is 675 g/mol. The number of benzene rings is 3. The number of rotatable bonds is 8. The summed E-state index contributed by atoms with van der Waals surface area (Å²) in [6, 6.07) is 16.1. The molecule has 0 unspecified atom stereocenters. The number of amides is 2. The molecule has 0 spiro atoms. The van der Waals surface area contributed by atoms with Crippen molar-refractivity contribution in [3.05, 3.63) is 94.8 Å². The Morgan fingerprint density at radius 2 is 1.69 bits per heavy atom. The summed E-state index contributed by atoms with van der Waals surface area (Å²) in [5, 5.41) is 1.07. The minimum atomic E-state index is -0.406. The molecular weight excluding hydrogens is 656 g/mol. The standard InChI is InChI=1S/C26H19Cl3INO4S/c1-2-34-22-11-16(10-21(30)24(22)35-14-15-6-8-17(27)9-7-15)12-23-25(32)31(26(33)36-23)13-18-19(28)4-3-5-20(18)29/h3-12H,2,13-14H2,1H3/b23-12+. The molecule has 1 saturated heterocycles. The molecule has 4 rings (SSSR count). The normalized spacial score (nSPS) is 14.6. The molecular formula is C26H19Cl3INO4S. The molecule has 0 N–H and O–H groups in total. The molecule has 5 nitrogen and oxygen atoms in total. The topological polar surface area (TPSA) is 55.8 Å². The van der Waals surface area contributed by atoms with Crippen LogP contribution in [0.2, 0.25) is 15.1 Å². The van der Waals surface area contributed by atoms with Gasteiger partial charge in [-0.25, -0.2) is 0 Å². The lowest BCUT2D eigenvalue weighted by atomic mass is 10.1. The molecule has 186 valence electrons. The second-order valence-corrected chi connectivity index (χ2v) is 11.1. The van der Waals surface area contributed by atoms with E-state index in [1.54, 1.807) is 30.3 Å². The van der Waals surface area contributed by atoms with Gasteiger partial charge in [0.25, 0.3) is 11.1 Å². The maximum atomic E-state index is 13.1. The van der Waals surface area contributed by atoms with Crippen LogP contribution >= 0.6 is 69.2 Å². The van der Waals surface area contributed by atoms with E-state index >= 15 is 0 Å². The van der Waals surface area contributed by atoms with E-state index in [2.05, 4.69) is 22.6 Å². The van der Waals surface area contributed by atoms with E-state index in [0.29, 0.717) is 55.8 Å². The summed E-state index contributed by atoms with van der Waals surface area (Å²) < 4.78 is 12.7. The minimum Gasteiger partial charge on any atom is -0.490 e. The monoisotopic (exact) mass is 673 g/mol. The molecule has 36 heavy (non-hydrogen) atoms. The number of imide groups is 1. The highest BCUT2D eigenvalue weighted by Gasteiger charge is 2.35. The summed E-state index contributed by atoms with van der Waals surface area (Å²) in [4.78, 5) is 27.1. The molecule has 0 radical (unpaired) electrons. The highest BCUT2D eigenvalue weighted by Crippen LogP contribution is 2.39. The number of hydrogen-bond acceptors (Lipinski definition) is 5. The molecule has 2 amide bonds. The third-order valence-corrected chi connectivity index (χ3v) is 7.85. The van der Waals surface area contributed by atoms with Gasteiger partial charge in [0, 0.05) is 20.6 Å². The molecule has 1 fully saturated rings. The molecule has 1 heterocycles. The van der Waals surface area contributed by atoms with Crippen LogP contribution in [-0.4, -0.2) is 22.7 Å². The molecule has 1 aliphatic rings. The smallest absolute Gasteiger partial charge is 0.293 e. The van der Waals surface area contributed by atoms with Crippen molar-refractivity contribution in [2.45, 2.75) is 20.1 Å². The van der Waals surface area contributed by atoms with Gasteiger partial charge in [0.2, 0.25) is 0 Å². The summed E-state index contributed by atoms with van der Waals surface area (Å²) in [7, 11) is 0. The van der Waals surface area contributed by atoms with Crippen molar-refractivity contribution in [1.82, 2.24) is 4.90 Å². The van der Waals surface area contributed by atoms with Crippen LogP contribution in [0.15, 0.2) is 59.5 Å². The molecule has 1 aliphatic heterocycles. The van der Waals surface area contributed by atoms with Gasteiger partial charge in [-0.3, -0.25) is 14.5 Å². The molecule has 0 atom stereocenters. The first-order chi connectivity index (χ1) is 17.3. The highest BCUT2D eigenvalue weighted by molar-refractivity contribution is 14.1. The number of carbonyl (C=O) groups is 2. The first-order valence-electron chi connectivity index (χ1n) is 10.8. The van der Waals surface area contributed by atoms with Gasteiger partial charge < -0.3 is 9.47 Å². The lowest BCUT2D eigenvalue weighted by Gasteiger charge is -2.15. The number of carbonyl (C=O) groups excluding carboxylic acids is 2. The molecule has 0 saturated carbocycles. The Balaban J connectivity index is 1.56. The maximum Gasteiger partial charge on any atom is 0.293 e. The third kappa shape index (κ3) is 6.31. The molecule has 10 heteroatoms. The number of nitrogens with zero attached hydrogens (tertiary/aromatic N) is 1. The summed E-state index contributed by atoms with van der Waals surface area (Å²) in [6.07, 6.45) is 1.67. The van der Waals surface area contributed by atoms with Crippen LogP contribution < -0.4 is 9.47 Å². The van der Waals surface area contributed by atoms with Gasteiger partial charge in [-0.2, -0.15) is 0 Å². The first kappa shape index (κ1) is 27.1. The summed E-state index contributed by atoms with van der Waals surface area (Å²) >= 11 is 21.5. The van der Waals surface area contributed by atoms with Gasteiger partial charge in [-0.05, 0) is 94.9 Å². The number of thioether (sulfide) groups is 1. The van der Waals surface area contributed by atoms with Gasteiger partial charge in [0.05, 0.1) is 21.6 Å². The van der Waals surface area contributed by atoms with Crippen molar-refractivity contribution in [1.29, 1.82) is 0 Å². The Labute approximate surface area is 241 Å². The fraction of sp³-hybridized carbons (Fsp3) is 0.154.